The molecule has 2 aliphatic rings. The molecular formula is C14H16F2N2O3. The summed E-state index contributed by atoms with van der Waals surface area (Å²) in [6.07, 6.45) is -0.212. The number of fused-ring (bicyclic) bond motifs is 1. The summed E-state index contributed by atoms with van der Waals surface area (Å²) >= 11 is 0. The molecule has 7 heteroatoms. The summed E-state index contributed by atoms with van der Waals surface area (Å²) in [4.78, 5) is 25.8. The SMILES string of the molecule is O=C1CCC(C(=O)N2CC(OCC(F)F)C2)n2cccc21. The van der Waals surface area contributed by atoms with E-state index in [0.717, 1.165) is 0 Å². The fourth-order valence-electron chi connectivity index (χ4n) is 2.82. The van der Waals surface area contributed by atoms with Crippen molar-refractivity contribution in [3.8, 4) is 0 Å². The van der Waals surface area contributed by atoms with Gasteiger partial charge in [0.15, 0.2) is 5.78 Å². The van der Waals surface area contributed by atoms with Crippen molar-refractivity contribution in [3.05, 3.63) is 24.0 Å². The van der Waals surface area contributed by atoms with Crippen LogP contribution in [0.2, 0.25) is 0 Å². The van der Waals surface area contributed by atoms with Gasteiger partial charge in [-0.1, -0.05) is 0 Å². The van der Waals surface area contributed by atoms with E-state index in [2.05, 4.69) is 0 Å². The lowest BCUT2D eigenvalue weighted by atomic mass is 9.99. The van der Waals surface area contributed by atoms with Crippen molar-refractivity contribution >= 4 is 11.7 Å². The van der Waals surface area contributed by atoms with Crippen molar-refractivity contribution in [3.63, 3.8) is 0 Å². The minimum Gasteiger partial charge on any atom is -0.369 e. The average molecular weight is 298 g/mol. The maximum atomic E-state index is 12.4. The number of alkyl halides is 2. The second-order valence-electron chi connectivity index (χ2n) is 5.37. The van der Waals surface area contributed by atoms with Crippen LogP contribution in [-0.2, 0) is 9.53 Å². The van der Waals surface area contributed by atoms with Crippen LogP contribution >= 0.6 is 0 Å². The van der Waals surface area contributed by atoms with E-state index < -0.39 is 13.0 Å². The standard InChI is InChI=1S/C14H16F2N2O3/c15-13(16)8-21-9-6-17(7-9)14(20)11-3-4-12(19)10-2-1-5-18(10)11/h1-2,5,9,11,13H,3-4,6-8H2. The van der Waals surface area contributed by atoms with Gasteiger partial charge >= 0.3 is 0 Å². The van der Waals surface area contributed by atoms with Crippen molar-refractivity contribution in [1.82, 2.24) is 9.47 Å². The number of nitrogens with zero attached hydrogens (tertiary/aromatic N) is 2. The van der Waals surface area contributed by atoms with Crippen LogP contribution < -0.4 is 0 Å². The Morgan fingerprint density at radius 2 is 2.19 bits per heavy atom. The van der Waals surface area contributed by atoms with Crippen molar-refractivity contribution in [2.24, 2.45) is 0 Å². The molecule has 0 bridgehead atoms. The zero-order chi connectivity index (χ0) is 15.0. The van der Waals surface area contributed by atoms with Gasteiger partial charge in [0, 0.05) is 25.7 Å². The Bertz CT molecular complexity index is 552. The van der Waals surface area contributed by atoms with Crippen molar-refractivity contribution in [2.75, 3.05) is 19.7 Å². The smallest absolute Gasteiger partial charge is 0.261 e. The molecule has 114 valence electrons. The first-order chi connectivity index (χ1) is 10.1. The third kappa shape index (κ3) is 2.70. The Kier molecular flexibility index (Phi) is 3.75. The molecule has 0 saturated carbocycles. The number of ether oxygens (including phenoxy) is 1. The van der Waals surface area contributed by atoms with E-state index in [0.29, 0.717) is 31.6 Å². The van der Waals surface area contributed by atoms with Crippen LogP contribution in [0.1, 0.15) is 29.4 Å². The number of carbonyl (C=O) groups is 2. The van der Waals surface area contributed by atoms with Gasteiger partial charge in [0.05, 0.1) is 11.8 Å². The van der Waals surface area contributed by atoms with Gasteiger partial charge in [-0.05, 0) is 18.6 Å². The minimum atomic E-state index is -2.48. The highest BCUT2D eigenvalue weighted by Gasteiger charge is 2.38. The van der Waals surface area contributed by atoms with E-state index in [1.807, 2.05) is 0 Å². The van der Waals surface area contributed by atoms with E-state index in [-0.39, 0.29) is 23.8 Å². The lowest BCUT2D eigenvalue weighted by Gasteiger charge is -2.41. The van der Waals surface area contributed by atoms with Crippen LogP contribution in [0, 0.1) is 0 Å². The van der Waals surface area contributed by atoms with Gasteiger partial charge in [-0.15, -0.1) is 0 Å². The summed E-state index contributed by atoms with van der Waals surface area (Å²) in [5, 5.41) is 0. The molecule has 1 saturated heterocycles. The average Bonchev–Trinajstić information content (AvgIpc) is 2.86. The number of Topliss-reactive ketones (excluding diaryl/α,β-unsaturated/α-hetero) is 1. The molecule has 1 amide bonds. The van der Waals surface area contributed by atoms with E-state index in [9.17, 15) is 18.4 Å². The fourth-order valence-corrected chi connectivity index (χ4v) is 2.82. The highest BCUT2D eigenvalue weighted by atomic mass is 19.3. The Morgan fingerprint density at radius 3 is 2.90 bits per heavy atom. The number of rotatable bonds is 4. The van der Waals surface area contributed by atoms with Gasteiger partial charge in [-0.2, -0.15) is 0 Å². The first-order valence-electron chi connectivity index (χ1n) is 6.95. The number of hydrogen-bond acceptors (Lipinski definition) is 3. The number of likely N-dealkylation sites (tertiary alicyclic amines) is 1. The Balaban J connectivity index is 1.59. The zero-order valence-electron chi connectivity index (χ0n) is 11.4. The van der Waals surface area contributed by atoms with Crippen LogP contribution in [0.4, 0.5) is 8.78 Å². The summed E-state index contributed by atoms with van der Waals surface area (Å²) < 4.78 is 30.7. The number of carbonyl (C=O) groups excluding carboxylic acids is 2. The molecule has 0 spiro atoms. The van der Waals surface area contributed by atoms with Crippen molar-refractivity contribution in [1.29, 1.82) is 0 Å². The molecule has 1 fully saturated rings. The molecule has 0 aliphatic carbocycles. The molecule has 21 heavy (non-hydrogen) atoms. The van der Waals surface area contributed by atoms with E-state index in [1.54, 1.807) is 27.8 Å². The normalized spacial score (nSPS) is 22.3. The molecule has 1 unspecified atom stereocenters. The van der Waals surface area contributed by atoms with Crippen LogP contribution in [0.3, 0.4) is 0 Å². The van der Waals surface area contributed by atoms with Gasteiger partial charge < -0.3 is 14.2 Å². The predicted octanol–water partition coefficient (Wildman–Crippen LogP) is 1.50. The van der Waals surface area contributed by atoms with Crippen LogP contribution in [-0.4, -0.2) is 53.4 Å². The zero-order valence-corrected chi connectivity index (χ0v) is 11.4. The molecule has 5 nitrogen and oxygen atoms in total. The number of amides is 1. The Morgan fingerprint density at radius 1 is 1.43 bits per heavy atom. The van der Waals surface area contributed by atoms with Crippen LogP contribution in [0.25, 0.3) is 0 Å². The molecule has 3 heterocycles. The molecule has 1 atom stereocenters. The maximum Gasteiger partial charge on any atom is 0.261 e. The van der Waals surface area contributed by atoms with Gasteiger partial charge in [-0.3, -0.25) is 9.59 Å². The summed E-state index contributed by atoms with van der Waals surface area (Å²) in [5.41, 5.74) is 0.561. The lowest BCUT2D eigenvalue weighted by molar-refractivity contribution is -0.151. The topological polar surface area (TPSA) is 51.5 Å². The quantitative estimate of drug-likeness (QED) is 0.846. The third-order valence-electron chi connectivity index (χ3n) is 3.95. The second-order valence-corrected chi connectivity index (χ2v) is 5.37. The van der Waals surface area contributed by atoms with E-state index >= 15 is 0 Å². The predicted molar refractivity (Wildman–Crippen MR) is 69.4 cm³/mol. The third-order valence-corrected chi connectivity index (χ3v) is 3.95. The number of aromatic nitrogens is 1. The highest BCUT2D eigenvalue weighted by molar-refractivity contribution is 5.97. The first-order valence-corrected chi connectivity index (χ1v) is 6.95. The molecule has 2 aliphatic heterocycles. The number of hydrogen-bond donors (Lipinski definition) is 0. The fraction of sp³-hybridized carbons (Fsp3) is 0.571. The monoisotopic (exact) mass is 298 g/mol. The Hall–Kier alpha value is -1.76. The molecule has 0 N–H and O–H groups in total. The Labute approximate surface area is 120 Å². The lowest BCUT2D eigenvalue weighted by Crippen LogP contribution is -2.57. The molecule has 3 rings (SSSR count). The minimum absolute atomic E-state index is 0.0470. The molecule has 0 aromatic carbocycles. The first kappa shape index (κ1) is 14.2. The van der Waals surface area contributed by atoms with Gasteiger partial charge in [0.1, 0.15) is 12.6 Å². The maximum absolute atomic E-state index is 12.4. The van der Waals surface area contributed by atoms with Crippen LogP contribution in [0.15, 0.2) is 18.3 Å². The van der Waals surface area contributed by atoms with E-state index in [1.165, 1.54) is 0 Å². The van der Waals surface area contributed by atoms with Gasteiger partial charge in [-0.25, -0.2) is 8.78 Å². The van der Waals surface area contributed by atoms with Crippen molar-refractivity contribution in [2.45, 2.75) is 31.4 Å². The summed E-state index contributed by atoms with van der Waals surface area (Å²) in [5.74, 6) is -0.0253. The highest BCUT2D eigenvalue weighted by Crippen LogP contribution is 2.28. The summed E-state index contributed by atoms with van der Waals surface area (Å²) in [7, 11) is 0. The number of halogens is 2. The second kappa shape index (κ2) is 5.55. The summed E-state index contributed by atoms with van der Waals surface area (Å²) in [6, 6.07) is 3.10. The largest absolute Gasteiger partial charge is 0.369 e. The van der Waals surface area contributed by atoms with Gasteiger partial charge in [0.25, 0.3) is 6.43 Å². The van der Waals surface area contributed by atoms with Crippen LogP contribution in [0.5, 0.6) is 0 Å². The molecule has 0 radical (unpaired) electrons. The molecular weight excluding hydrogens is 282 g/mol. The van der Waals surface area contributed by atoms with E-state index in [4.69, 9.17) is 4.74 Å². The van der Waals surface area contributed by atoms with Crippen molar-refractivity contribution < 1.29 is 23.1 Å². The van der Waals surface area contributed by atoms with Gasteiger partial charge in [0.2, 0.25) is 5.91 Å². The number of ketones is 1. The molecule has 1 aromatic rings. The summed E-state index contributed by atoms with van der Waals surface area (Å²) in [6.45, 7) is 0.0889. The molecule has 1 aromatic heterocycles.